The monoisotopic (exact) mass is 305 g/mol. The lowest BCUT2D eigenvalue weighted by Crippen LogP contribution is -2.13. The summed E-state index contributed by atoms with van der Waals surface area (Å²) >= 11 is 0. The first kappa shape index (κ1) is 13.8. The number of aromatic nitrogens is 2. The molecule has 0 radical (unpaired) electrons. The summed E-state index contributed by atoms with van der Waals surface area (Å²) in [5, 5.41) is 7.29. The highest BCUT2D eigenvalue weighted by atomic mass is 32.2. The topological polar surface area (TPSA) is 73.2 Å². The van der Waals surface area contributed by atoms with E-state index in [-0.39, 0.29) is 5.91 Å². The molecule has 0 fully saturated rings. The molecule has 1 aliphatic heterocycles. The van der Waals surface area contributed by atoms with Crippen LogP contribution in [-0.2, 0) is 27.1 Å². The molecule has 1 amide bonds. The SMILES string of the molecule is COc1ccc(-n2nc3c(c2NC(C)=O)CS(=O)C3)cc1. The van der Waals surface area contributed by atoms with E-state index in [9.17, 15) is 9.00 Å². The van der Waals surface area contributed by atoms with Gasteiger partial charge in [0, 0.05) is 23.3 Å². The Labute approximate surface area is 124 Å². The van der Waals surface area contributed by atoms with Crippen LogP contribution in [0.3, 0.4) is 0 Å². The minimum Gasteiger partial charge on any atom is -0.497 e. The molecule has 2 heterocycles. The first-order chi connectivity index (χ1) is 10.1. The molecule has 1 aromatic heterocycles. The maximum absolute atomic E-state index is 11.7. The fourth-order valence-corrected chi connectivity index (χ4v) is 3.60. The zero-order valence-corrected chi connectivity index (χ0v) is 12.6. The summed E-state index contributed by atoms with van der Waals surface area (Å²) in [5.74, 6) is 2.05. The predicted molar refractivity (Wildman–Crippen MR) is 80.0 cm³/mol. The van der Waals surface area contributed by atoms with Gasteiger partial charge in [-0.25, -0.2) is 4.68 Å². The Morgan fingerprint density at radius 3 is 2.67 bits per heavy atom. The van der Waals surface area contributed by atoms with Crippen molar-refractivity contribution >= 4 is 22.5 Å². The third-order valence-electron chi connectivity index (χ3n) is 3.28. The first-order valence-electron chi connectivity index (χ1n) is 6.46. The molecule has 0 bridgehead atoms. The van der Waals surface area contributed by atoms with E-state index in [0.717, 1.165) is 22.7 Å². The first-order valence-corrected chi connectivity index (χ1v) is 7.95. The minimum atomic E-state index is -0.930. The number of nitrogens with one attached hydrogen (secondary N) is 1. The van der Waals surface area contributed by atoms with E-state index in [1.54, 1.807) is 11.8 Å². The van der Waals surface area contributed by atoms with Crippen LogP contribution in [0.2, 0.25) is 0 Å². The van der Waals surface area contributed by atoms with Gasteiger partial charge >= 0.3 is 0 Å². The van der Waals surface area contributed by atoms with Crippen LogP contribution in [0.4, 0.5) is 5.82 Å². The van der Waals surface area contributed by atoms with Crippen molar-refractivity contribution in [3.63, 3.8) is 0 Å². The summed E-state index contributed by atoms with van der Waals surface area (Å²) in [4.78, 5) is 11.4. The number of hydrogen-bond donors (Lipinski definition) is 1. The average molecular weight is 305 g/mol. The Hall–Kier alpha value is -2.15. The van der Waals surface area contributed by atoms with Crippen LogP contribution in [0.1, 0.15) is 18.2 Å². The Kier molecular flexibility index (Phi) is 3.50. The summed E-state index contributed by atoms with van der Waals surface area (Å²) in [6, 6.07) is 7.39. The van der Waals surface area contributed by atoms with Gasteiger partial charge in [-0.05, 0) is 24.3 Å². The molecule has 110 valence electrons. The number of hydrogen-bond acceptors (Lipinski definition) is 4. The van der Waals surface area contributed by atoms with Crippen LogP contribution in [0.25, 0.3) is 5.69 Å². The fourth-order valence-electron chi connectivity index (χ4n) is 2.33. The van der Waals surface area contributed by atoms with Crippen molar-refractivity contribution in [3.8, 4) is 11.4 Å². The number of anilines is 1. The number of benzene rings is 1. The van der Waals surface area contributed by atoms with Crippen LogP contribution >= 0.6 is 0 Å². The molecule has 1 aromatic carbocycles. The van der Waals surface area contributed by atoms with Gasteiger partial charge in [-0.3, -0.25) is 9.00 Å². The van der Waals surface area contributed by atoms with E-state index in [1.807, 2.05) is 24.3 Å². The van der Waals surface area contributed by atoms with Gasteiger partial charge < -0.3 is 10.1 Å². The number of ether oxygens (including phenoxy) is 1. The molecule has 1 unspecified atom stereocenters. The molecule has 6 nitrogen and oxygen atoms in total. The van der Waals surface area contributed by atoms with Crippen LogP contribution in [0, 0.1) is 0 Å². The largest absolute Gasteiger partial charge is 0.497 e. The van der Waals surface area contributed by atoms with Crippen molar-refractivity contribution in [2.75, 3.05) is 12.4 Å². The van der Waals surface area contributed by atoms with Crippen molar-refractivity contribution in [1.29, 1.82) is 0 Å². The van der Waals surface area contributed by atoms with E-state index in [1.165, 1.54) is 6.92 Å². The Morgan fingerprint density at radius 2 is 2.05 bits per heavy atom. The third-order valence-corrected chi connectivity index (χ3v) is 4.49. The second-order valence-electron chi connectivity index (χ2n) is 4.79. The quantitative estimate of drug-likeness (QED) is 0.935. The smallest absolute Gasteiger partial charge is 0.222 e. The zero-order chi connectivity index (χ0) is 15.0. The lowest BCUT2D eigenvalue weighted by Gasteiger charge is -2.10. The molecule has 0 saturated heterocycles. The van der Waals surface area contributed by atoms with Gasteiger partial charge in [0.2, 0.25) is 5.91 Å². The van der Waals surface area contributed by atoms with Gasteiger partial charge in [-0.2, -0.15) is 5.10 Å². The fraction of sp³-hybridized carbons (Fsp3) is 0.286. The second-order valence-corrected chi connectivity index (χ2v) is 6.25. The maximum atomic E-state index is 11.7. The summed E-state index contributed by atoms with van der Waals surface area (Å²) in [6.07, 6.45) is 0. The predicted octanol–water partition coefficient (Wildman–Crippen LogP) is 1.60. The number of carbonyl (C=O) groups excluding carboxylic acids is 1. The number of methoxy groups -OCH3 is 1. The van der Waals surface area contributed by atoms with Crippen LogP contribution in [0.15, 0.2) is 24.3 Å². The molecule has 2 aromatic rings. The standard InChI is InChI=1S/C14H15N3O3S/c1-9(18)15-14-12-7-21(19)8-13(12)16-17(14)10-3-5-11(20-2)6-4-10/h3-6H,7-8H2,1-2H3,(H,15,18). The molecular weight excluding hydrogens is 290 g/mol. The normalized spacial score (nSPS) is 16.6. The highest BCUT2D eigenvalue weighted by Gasteiger charge is 2.27. The maximum Gasteiger partial charge on any atom is 0.222 e. The lowest BCUT2D eigenvalue weighted by molar-refractivity contribution is -0.114. The Bertz CT molecular complexity index is 722. The molecule has 0 spiro atoms. The second kappa shape index (κ2) is 5.33. The molecule has 7 heteroatoms. The Balaban J connectivity index is 2.07. The molecule has 1 atom stereocenters. The van der Waals surface area contributed by atoms with Crippen molar-refractivity contribution in [2.24, 2.45) is 0 Å². The minimum absolute atomic E-state index is 0.176. The van der Waals surface area contributed by atoms with Gasteiger partial charge in [-0.15, -0.1) is 0 Å². The van der Waals surface area contributed by atoms with Crippen molar-refractivity contribution in [3.05, 3.63) is 35.5 Å². The van der Waals surface area contributed by atoms with Crippen molar-refractivity contribution in [1.82, 2.24) is 9.78 Å². The molecule has 3 rings (SSSR count). The molecule has 0 aliphatic carbocycles. The molecule has 0 saturated carbocycles. The molecule has 1 aliphatic rings. The van der Waals surface area contributed by atoms with E-state index in [2.05, 4.69) is 10.4 Å². The van der Waals surface area contributed by atoms with Crippen LogP contribution in [-0.4, -0.2) is 27.0 Å². The highest BCUT2D eigenvalue weighted by Crippen LogP contribution is 2.31. The summed E-state index contributed by atoms with van der Waals surface area (Å²) in [5.41, 5.74) is 2.46. The summed E-state index contributed by atoms with van der Waals surface area (Å²) < 4.78 is 18.5. The van der Waals surface area contributed by atoms with Crippen molar-refractivity contribution in [2.45, 2.75) is 18.4 Å². The Morgan fingerprint density at radius 1 is 1.33 bits per heavy atom. The molecular formula is C14H15N3O3S. The van der Waals surface area contributed by atoms with Crippen molar-refractivity contribution < 1.29 is 13.7 Å². The molecule has 21 heavy (non-hydrogen) atoms. The summed E-state index contributed by atoms with van der Waals surface area (Å²) in [6.45, 7) is 1.45. The van der Waals surface area contributed by atoms with Crippen LogP contribution < -0.4 is 10.1 Å². The van der Waals surface area contributed by atoms with Crippen LogP contribution in [0.5, 0.6) is 5.75 Å². The van der Waals surface area contributed by atoms with Gasteiger partial charge in [0.05, 0.1) is 30.0 Å². The summed E-state index contributed by atoms with van der Waals surface area (Å²) in [7, 11) is 0.676. The van der Waals surface area contributed by atoms with Gasteiger partial charge in [-0.1, -0.05) is 0 Å². The lowest BCUT2D eigenvalue weighted by atomic mass is 10.2. The van der Waals surface area contributed by atoms with E-state index < -0.39 is 10.8 Å². The number of carbonyl (C=O) groups is 1. The van der Waals surface area contributed by atoms with E-state index >= 15 is 0 Å². The average Bonchev–Trinajstić information content (AvgIpc) is 2.96. The highest BCUT2D eigenvalue weighted by molar-refractivity contribution is 7.83. The number of amides is 1. The third kappa shape index (κ3) is 2.56. The number of rotatable bonds is 3. The van der Waals surface area contributed by atoms with Gasteiger partial charge in [0.15, 0.2) is 0 Å². The number of fused-ring (bicyclic) bond motifs is 1. The van der Waals surface area contributed by atoms with Gasteiger partial charge in [0.25, 0.3) is 0 Å². The number of nitrogens with zero attached hydrogens (tertiary/aromatic N) is 2. The van der Waals surface area contributed by atoms with Gasteiger partial charge in [0.1, 0.15) is 11.6 Å². The molecule has 1 N–H and O–H groups in total. The van der Waals surface area contributed by atoms with E-state index in [0.29, 0.717) is 17.3 Å². The van der Waals surface area contributed by atoms with E-state index in [4.69, 9.17) is 4.74 Å². The zero-order valence-electron chi connectivity index (χ0n) is 11.8.